The molecule has 35 heavy (non-hydrogen) atoms. The van der Waals surface area contributed by atoms with Gasteiger partial charge in [-0.3, -0.25) is 4.79 Å². The maximum atomic E-state index is 13.5. The van der Waals surface area contributed by atoms with Crippen molar-refractivity contribution < 1.29 is 14.3 Å². The van der Waals surface area contributed by atoms with E-state index in [1.165, 1.54) is 7.11 Å². The molecule has 1 atom stereocenters. The van der Waals surface area contributed by atoms with Gasteiger partial charge < -0.3 is 15.4 Å². The number of carbonyl (C=O) groups excluding carboxylic acids is 2. The van der Waals surface area contributed by atoms with E-state index in [4.69, 9.17) is 9.84 Å². The number of benzene rings is 2. The second-order valence-corrected chi connectivity index (χ2v) is 9.43. The number of methoxy groups -OCH3 is 1. The Hall–Kier alpha value is -3.59. The molecule has 1 aromatic heterocycles. The number of anilines is 2. The molecule has 3 aromatic rings. The normalized spacial score (nSPS) is 14.8. The highest BCUT2D eigenvalue weighted by molar-refractivity contribution is 7.99. The van der Waals surface area contributed by atoms with Gasteiger partial charge in [0.05, 0.1) is 18.2 Å². The minimum Gasteiger partial charge on any atom is -0.465 e. The maximum Gasteiger partial charge on any atom is 0.337 e. The van der Waals surface area contributed by atoms with Crippen LogP contribution >= 0.6 is 11.8 Å². The number of hydrogen-bond acceptors (Lipinski definition) is 7. The van der Waals surface area contributed by atoms with E-state index in [9.17, 15) is 9.59 Å². The van der Waals surface area contributed by atoms with E-state index >= 15 is 0 Å². The van der Waals surface area contributed by atoms with Crippen molar-refractivity contribution in [2.75, 3.05) is 23.5 Å². The van der Waals surface area contributed by atoms with Crippen molar-refractivity contribution in [3.8, 4) is 0 Å². The van der Waals surface area contributed by atoms with Crippen LogP contribution in [0.1, 0.15) is 54.2 Å². The SMILES string of the molecule is CCCCSc1nc2n(n1)C(c1ccc(C(=O)OC)cc1)C(C(=O)Nc1ccc(C)cc1)=C(C)N2. The molecule has 2 aromatic carbocycles. The zero-order valence-electron chi connectivity index (χ0n) is 20.3. The Balaban J connectivity index is 1.72. The van der Waals surface area contributed by atoms with Crippen LogP contribution in [0.4, 0.5) is 11.6 Å². The molecule has 0 fully saturated rings. The molecule has 1 unspecified atom stereocenters. The number of nitrogens with zero attached hydrogens (tertiary/aromatic N) is 3. The molecule has 0 bridgehead atoms. The van der Waals surface area contributed by atoms with Crippen molar-refractivity contribution in [1.82, 2.24) is 14.8 Å². The highest BCUT2D eigenvalue weighted by Crippen LogP contribution is 2.37. The fraction of sp³-hybridized carbons (Fsp3) is 0.308. The van der Waals surface area contributed by atoms with E-state index in [2.05, 4.69) is 22.5 Å². The predicted molar refractivity (Wildman–Crippen MR) is 138 cm³/mol. The zero-order valence-corrected chi connectivity index (χ0v) is 21.1. The number of allylic oxidation sites excluding steroid dienone is 1. The van der Waals surface area contributed by atoms with Crippen LogP contribution in [0.2, 0.25) is 0 Å². The van der Waals surface area contributed by atoms with Crippen LogP contribution < -0.4 is 10.6 Å². The Morgan fingerprint density at radius 2 is 1.83 bits per heavy atom. The van der Waals surface area contributed by atoms with Gasteiger partial charge in [0.2, 0.25) is 11.1 Å². The van der Waals surface area contributed by atoms with Crippen LogP contribution in [-0.2, 0) is 9.53 Å². The minimum atomic E-state index is -0.517. The molecule has 0 radical (unpaired) electrons. The molecule has 8 nitrogen and oxygen atoms in total. The summed E-state index contributed by atoms with van der Waals surface area (Å²) in [5, 5.41) is 11.7. The van der Waals surface area contributed by atoms with Crippen molar-refractivity contribution in [3.05, 3.63) is 76.5 Å². The monoisotopic (exact) mass is 491 g/mol. The van der Waals surface area contributed by atoms with E-state index < -0.39 is 12.0 Å². The number of hydrogen-bond donors (Lipinski definition) is 2. The lowest BCUT2D eigenvalue weighted by Crippen LogP contribution is -2.31. The molecule has 182 valence electrons. The Bertz CT molecular complexity index is 1250. The average Bonchev–Trinajstić information content (AvgIpc) is 3.26. The number of nitrogens with one attached hydrogen (secondary N) is 2. The summed E-state index contributed by atoms with van der Waals surface area (Å²) in [5.74, 6) is 0.852. The summed E-state index contributed by atoms with van der Waals surface area (Å²) in [6.45, 7) is 6.01. The van der Waals surface area contributed by atoms with Crippen LogP contribution in [-0.4, -0.2) is 39.5 Å². The fourth-order valence-corrected chi connectivity index (χ4v) is 4.77. The first-order chi connectivity index (χ1) is 16.9. The molecule has 0 aliphatic carbocycles. The second-order valence-electron chi connectivity index (χ2n) is 8.36. The second kappa shape index (κ2) is 10.8. The van der Waals surface area contributed by atoms with Crippen LogP contribution in [0.3, 0.4) is 0 Å². The third-order valence-electron chi connectivity index (χ3n) is 5.76. The van der Waals surface area contributed by atoms with Gasteiger partial charge in [-0.2, -0.15) is 4.98 Å². The largest absolute Gasteiger partial charge is 0.465 e. The zero-order chi connectivity index (χ0) is 24.9. The van der Waals surface area contributed by atoms with E-state index in [0.717, 1.165) is 29.7 Å². The summed E-state index contributed by atoms with van der Waals surface area (Å²) in [6, 6.07) is 14.2. The summed E-state index contributed by atoms with van der Waals surface area (Å²) < 4.78 is 6.57. The molecule has 0 saturated heterocycles. The number of fused-ring (bicyclic) bond motifs is 1. The average molecular weight is 492 g/mol. The lowest BCUT2D eigenvalue weighted by Gasteiger charge is -2.28. The number of esters is 1. The lowest BCUT2D eigenvalue weighted by molar-refractivity contribution is -0.113. The third-order valence-corrected chi connectivity index (χ3v) is 6.69. The Morgan fingerprint density at radius 1 is 1.11 bits per heavy atom. The molecule has 2 N–H and O–H groups in total. The Labute approximate surface area is 209 Å². The molecule has 1 amide bonds. The molecule has 2 heterocycles. The van der Waals surface area contributed by atoms with Crippen molar-refractivity contribution in [3.63, 3.8) is 0 Å². The quantitative estimate of drug-likeness (QED) is 0.254. The molecule has 1 aliphatic rings. The van der Waals surface area contributed by atoms with Gasteiger partial charge in [-0.15, -0.1) is 5.10 Å². The minimum absolute atomic E-state index is 0.234. The van der Waals surface area contributed by atoms with Crippen LogP contribution in [0.25, 0.3) is 0 Å². The maximum absolute atomic E-state index is 13.5. The van der Waals surface area contributed by atoms with Crippen molar-refractivity contribution in [2.45, 2.75) is 44.8 Å². The summed E-state index contributed by atoms with van der Waals surface area (Å²) in [5.41, 5.74) is 4.29. The summed E-state index contributed by atoms with van der Waals surface area (Å²) >= 11 is 1.60. The first-order valence-corrected chi connectivity index (χ1v) is 12.5. The predicted octanol–water partition coefficient (Wildman–Crippen LogP) is 5.19. The molecule has 9 heteroatoms. The van der Waals surface area contributed by atoms with Crippen molar-refractivity contribution >= 4 is 35.3 Å². The van der Waals surface area contributed by atoms with Gasteiger partial charge in [-0.05, 0) is 50.1 Å². The van der Waals surface area contributed by atoms with Crippen molar-refractivity contribution in [2.24, 2.45) is 0 Å². The Kier molecular flexibility index (Phi) is 7.55. The van der Waals surface area contributed by atoms with Gasteiger partial charge in [0.1, 0.15) is 6.04 Å². The smallest absolute Gasteiger partial charge is 0.337 e. The molecule has 4 rings (SSSR count). The third kappa shape index (κ3) is 5.40. The molecular weight excluding hydrogens is 462 g/mol. The van der Waals surface area contributed by atoms with Gasteiger partial charge in [-0.25, -0.2) is 9.48 Å². The standard InChI is InChI=1S/C26H29N5O3S/c1-5-6-15-35-26-29-25-27-17(3)21(23(32)28-20-13-7-16(2)8-14-20)22(31(25)30-26)18-9-11-19(12-10-18)24(33)34-4/h7-14,22H,5-6,15H2,1-4H3,(H,28,32)(H,27,29,30). The molecular formula is C26H29N5O3S. The molecule has 0 saturated carbocycles. The first-order valence-electron chi connectivity index (χ1n) is 11.5. The van der Waals surface area contributed by atoms with Crippen molar-refractivity contribution in [1.29, 1.82) is 0 Å². The number of aromatic nitrogens is 3. The Morgan fingerprint density at radius 3 is 2.49 bits per heavy atom. The van der Waals surface area contributed by atoms with Gasteiger partial charge in [0.15, 0.2) is 0 Å². The van der Waals surface area contributed by atoms with E-state index in [0.29, 0.717) is 33.6 Å². The summed E-state index contributed by atoms with van der Waals surface area (Å²) in [7, 11) is 1.35. The number of amides is 1. The number of ether oxygens (including phenoxy) is 1. The number of unbranched alkanes of at least 4 members (excludes halogenated alkanes) is 1. The highest BCUT2D eigenvalue weighted by atomic mass is 32.2. The highest BCUT2D eigenvalue weighted by Gasteiger charge is 2.34. The summed E-state index contributed by atoms with van der Waals surface area (Å²) in [6.07, 6.45) is 2.17. The van der Waals surface area contributed by atoms with E-state index in [-0.39, 0.29) is 5.91 Å². The number of carbonyl (C=O) groups is 2. The van der Waals surface area contributed by atoms with Gasteiger partial charge in [0, 0.05) is 17.1 Å². The molecule has 1 aliphatic heterocycles. The van der Waals surface area contributed by atoms with E-state index in [1.54, 1.807) is 28.6 Å². The van der Waals surface area contributed by atoms with Crippen LogP contribution in [0.15, 0.2) is 65.0 Å². The number of thioether (sulfide) groups is 1. The fourth-order valence-electron chi connectivity index (χ4n) is 3.86. The summed E-state index contributed by atoms with van der Waals surface area (Å²) in [4.78, 5) is 30.1. The van der Waals surface area contributed by atoms with Crippen LogP contribution in [0, 0.1) is 6.92 Å². The topological polar surface area (TPSA) is 98.1 Å². The van der Waals surface area contributed by atoms with Gasteiger partial charge >= 0.3 is 5.97 Å². The van der Waals surface area contributed by atoms with Gasteiger partial charge in [0.25, 0.3) is 5.91 Å². The van der Waals surface area contributed by atoms with Crippen LogP contribution in [0.5, 0.6) is 0 Å². The van der Waals surface area contributed by atoms with E-state index in [1.807, 2.05) is 50.2 Å². The van der Waals surface area contributed by atoms with Gasteiger partial charge in [-0.1, -0.05) is 54.9 Å². The number of aryl methyl sites for hydroxylation is 1. The first kappa shape index (κ1) is 24.5. The molecule has 0 spiro atoms. The lowest BCUT2D eigenvalue weighted by atomic mass is 9.94. The number of rotatable bonds is 8.